The van der Waals surface area contributed by atoms with Gasteiger partial charge in [0.1, 0.15) is 0 Å². The third-order valence-electron chi connectivity index (χ3n) is 17.0. The van der Waals surface area contributed by atoms with Crippen LogP contribution in [0.4, 0.5) is 0 Å². The van der Waals surface area contributed by atoms with Crippen LogP contribution in [0.1, 0.15) is 112 Å². The second-order valence-corrected chi connectivity index (χ2v) is 21.7. The highest BCUT2D eigenvalue weighted by atomic mass is 15.0. The van der Waals surface area contributed by atoms with Crippen LogP contribution in [0.25, 0.3) is 99.5 Å². The molecular formula is C75H70N2. The van der Waals surface area contributed by atoms with Crippen molar-refractivity contribution in [1.29, 1.82) is 0 Å². The van der Waals surface area contributed by atoms with Crippen LogP contribution < -0.4 is 0 Å². The molecule has 2 nitrogen and oxygen atoms in total. The summed E-state index contributed by atoms with van der Waals surface area (Å²) in [5.41, 5.74) is 28.2. The number of aryl methyl sites for hydroxylation is 1. The minimum Gasteiger partial charge on any atom is -0.310 e. The maximum Gasteiger partial charge on any atom is 0.0541 e. The summed E-state index contributed by atoms with van der Waals surface area (Å²) in [4.78, 5) is 0. The monoisotopic (exact) mass is 999 g/mol. The van der Waals surface area contributed by atoms with Gasteiger partial charge in [0.15, 0.2) is 0 Å². The van der Waals surface area contributed by atoms with Crippen LogP contribution in [0.2, 0.25) is 0 Å². The van der Waals surface area contributed by atoms with Crippen LogP contribution in [0, 0.1) is 12.8 Å². The fourth-order valence-electron chi connectivity index (χ4n) is 12.9. The van der Waals surface area contributed by atoms with Crippen molar-refractivity contribution in [3.63, 3.8) is 0 Å². The summed E-state index contributed by atoms with van der Waals surface area (Å²) >= 11 is 0. The lowest BCUT2D eigenvalue weighted by atomic mass is 9.85. The van der Waals surface area contributed by atoms with Crippen molar-refractivity contribution >= 4 is 71.6 Å². The summed E-state index contributed by atoms with van der Waals surface area (Å²) in [6.45, 7) is 19.8. The second-order valence-electron chi connectivity index (χ2n) is 21.7. The summed E-state index contributed by atoms with van der Waals surface area (Å²) in [5, 5.41) is 5.11. The molecule has 12 rings (SSSR count). The number of benzene rings is 7. The van der Waals surface area contributed by atoms with Crippen LogP contribution in [0.15, 0.2) is 219 Å². The molecule has 0 saturated heterocycles. The van der Waals surface area contributed by atoms with Gasteiger partial charge in [-0.15, -0.1) is 0 Å². The summed E-state index contributed by atoms with van der Waals surface area (Å²) in [5.74, 6) is 0.527. The van der Waals surface area contributed by atoms with E-state index >= 15 is 0 Å². The van der Waals surface area contributed by atoms with E-state index in [1.807, 2.05) is 6.08 Å². The molecular weight excluding hydrogens is 929 g/mol. The smallest absolute Gasteiger partial charge is 0.0541 e. The highest BCUT2D eigenvalue weighted by Crippen LogP contribution is 2.43. The molecule has 2 heteroatoms. The standard InChI is InChI=1S/C75H70N2/c1-8-21-59-44-60-43-54(30-36-67(60)63(59)11-4)58-34-40-75-71(48-58)69-46-56(32-38-73(69)77(75)62-27-17-14-18-28-62)52-24-20-19-23-51(42-52)55-31-37-72-68(45-55)70-47-57(33-39-74(70)76(72)61-25-15-13-16-26-61)53-29-35-66(50(7)41-53)64(12-5)65(22-9-2)49(6)10-3/h8,11-12,14-15,17-18,21,23,25-43,45-49H,4-5,9-10,13,16,19-20,22,24,44H2,1-3,6-7H3/b21-8-,65-64-. The summed E-state index contributed by atoms with van der Waals surface area (Å²) in [7, 11) is 0. The SMILES string of the molecule is C=CC1=C(/C=C\C)Cc2cc(-c3ccc4c(c3)c3cc(C5=CC(c6ccc7c(c6)c6cc(-c8ccc(/C(C=C)=C(/CCC)C(C)CC)c(C)c8)ccc6n7C6=CCCC=C6)=CCCC5)ccc3n4-c3ccccc3)ccc21. The lowest BCUT2D eigenvalue weighted by molar-refractivity contribution is 0.621. The summed E-state index contributed by atoms with van der Waals surface area (Å²) < 4.78 is 4.93. The van der Waals surface area contributed by atoms with Crippen molar-refractivity contribution in [3.8, 4) is 27.9 Å². The molecule has 0 radical (unpaired) electrons. The van der Waals surface area contributed by atoms with Crippen LogP contribution >= 0.6 is 0 Å². The number of fused-ring (bicyclic) bond motifs is 7. The molecule has 3 aliphatic rings. The maximum atomic E-state index is 4.32. The molecule has 2 heterocycles. The maximum absolute atomic E-state index is 4.32. The Morgan fingerprint density at radius 3 is 1.91 bits per heavy atom. The highest BCUT2D eigenvalue weighted by Gasteiger charge is 2.22. The average Bonchev–Trinajstić information content (AvgIpc) is 4.18. The average molecular weight is 999 g/mol. The predicted molar refractivity (Wildman–Crippen MR) is 335 cm³/mol. The van der Waals surface area contributed by atoms with Gasteiger partial charge < -0.3 is 9.13 Å². The van der Waals surface area contributed by atoms with Gasteiger partial charge in [-0.25, -0.2) is 0 Å². The molecule has 0 spiro atoms. The van der Waals surface area contributed by atoms with Crippen molar-refractivity contribution in [2.45, 2.75) is 92.4 Å². The summed E-state index contributed by atoms with van der Waals surface area (Å²) in [6, 6.07) is 53.5. The molecule has 0 saturated carbocycles. The van der Waals surface area contributed by atoms with Crippen LogP contribution in [0.5, 0.6) is 0 Å². The molecule has 77 heavy (non-hydrogen) atoms. The Labute approximate surface area is 456 Å². The minimum atomic E-state index is 0.527. The Hall–Kier alpha value is -8.20. The molecule has 3 aliphatic carbocycles. The van der Waals surface area contributed by atoms with Crippen molar-refractivity contribution in [1.82, 2.24) is 9.13 Å². The number of allylic oxidation sites excluding steroid dienone is 16. The normalized spacial score (nSPS) is 15.5. The molecule has 380 valence electrons. The molecule has 0 fully saturated rings. The van der Waals surface area contributed by atoms with Gasteiger partial charge in [0, 0.05) is 32.9 Å². The quantitative estimate of drug-likeness (QED) is 0.0961. The van der Waals surface area contributed by atoms with E-state index in [2.05, 4.69) is 245 Å². The first-order valence-electron chi connectivity index (χ1n) is 28.4. The fraction of sp³-hybridized carbons (Fsp3) is 0.200. The summed E-state index contributed by atoms with van der Waals surface area (Å²) in [6.07, 6.45) is 30.1. The highest BCUT2D eigenvalue weighted by molar-refractivity contribution is 6.14. The molecule has 2 aromatic heterocycles. The number of aromatic nitrogens is 2. The van der Waals surface area contributed by atoms with Crippen molar-refractivity contribution in [2.75, 3.05) is 0 Å². The van der Waals surface area contributed by atoms with Crippen LogP contribution in [-0.4, -0.2) is 9.13 Å². The minimum absolute atomic E-state index is 0.527. The Morgan fingerprint density at radius 2 is 1.27 bits per heavy atom. The zero-order chi connectivity index (χ0) is 52.7. The first-order valence-corrected chi connectivity index (χ1v) is 28.4. The van der Waals surface area contributed by atoms with Gasteiger partial charge in [-0.05, 0) is 221 Å². The van der Waals surface area contributed by atoms with Gasteiger partial charge in [0.2, 0.25) is 0 Å². The Balaban J connectivity index is 0.947. The van der Waals surface area contributed by atoms with E-state index in [-0.39, 0.29) is 0 Å². The number of hydrogen-bond donors (Lipinski definition) is 0. The molecule has 0 bridgehead atoms. The largest absolute Gasteiger partial charge is 0.310 e. The van der Waals surface area contributed by atoms with Crippen LogP contribution in [-0.2, 0) is 6.42 Å². The van der Waals surface area contributed by atoms with E-state index in [1.165, 1.54) is 144 Å². The molecule has 1 atom stereocenters. The van der Waals surface area contributed by atoms with Crippen molar-refractivity contribution < 1.29 is 0 Å². The Bertz CT molecular complexity index is 4080. The number of hydrogen-bond acceptors (Lipinski definition) is 0. The van der Waals surface area contributed by atoms with Gasteiger partial charge in [-0.1, -0.05) is 173 Å². The van der Waals surface area contributed by atoms with E-state index in [0.29, 0.717) is 5.92 Å². The second kappa shape index (κ2) is 21.1. The third-order valence-corrected chi connectivity index (χ3v) is 17.0. The number of para-hydroxylation sites is 1. The van der Waals surface area contributed by atoms with E-state index < -0.39 is 0 Å². The Morgan fingerprint density at radius 1 is 0.649 bits per heavy atom. The Kier molecular flexibility index (Phi) is 13.6. The molecule has 0 N–H and O–H groups in total. The fourth-order valence-corrected chi connectivity index (χ4v) is 12.9. The van der Waals surface area contributed by atoms with E-state index in [9.17, 15) is 0 Å². The first-order chi connectivity index (χ1) is 37.8. The van der Waals surface area contributed by atoms with E-state index in [4.69, 9.17) is 0 Å². The third kappa shape index (κ3) is 8.98. The van der Waals surface area contributed by atoms with Gasteiger partial charge in [0.05, 0.1) is 22.1 Å². The predicted octanol–water partition coefficient (Wildman–Crippen LogP) is 21.2. The van der Waals surface area contributed by atoms with Crippen LogP contribution in [0.3, 0.4) is 0 Å². The van der Waals surface area contributed by atoms with Gasteiger partial charge in [-0.3, -0.25) is 0 Å². The zero-order valence-corrected chi connectivity index (χ0v) is 45.7. The van der Waals surface area contributed by atoms with Gasteiger partial charge in [-0.2, -0.15) is 0 Å². The van der Waals surface area contributed by atoms with E-state index in [0.717, 1.165) is 57.8 Å². The lowest BCUT2D eigenvalue weighted by Gasteiger charge is -2.20. The van der Waals surface area contributed by atoms with E-state index in [1.54, 1.807) is 0 Å². The number of nitrogens with zero attached hydrogens (tertiary/aromatic N) is 2. The van der Waals surface area contributed by atoms with Gasteiger partial charge >= 0.3 is 0 Å². The van der Waals surface area contributed by atoms with Crippen molar-refractivity contribution in [3.05, 3.63) is 252 Å². The molecule has 1 unspecified atom stereocenters. The molecule has 9 aromatic rings. The topological polar surface area (TPSA) is 9.86 Å². The molecule has 0 aliphatic heterocycles. The van der Waals surface area contributed by atoms with Gasteiger partial charge in [0.25, 0.3) is 0 Å². The molecule has 0 amide bonds. The zero-order valence-electron chi connectivity index (χ0n) is 45.7. The lowest BCUT2D eigenvalue weighted by Crippen LogP contribution is -2.02. The number of rotatable bonds is 14. The molecule has 7 aromatic carbocycles. The van der Waals surface area contributed by atoms with Crippen molar-refractivity contribution in [2.24, 2.45) is 5.92 Å². The first kappa shape index (κ1) is 49.7.